The Balaban J connectivity index is 2.98. The smallest absolute Gasteiger partial charge is 0.0653 e. The lowest BCUT2D eigenvalue weighted by Crippen LogP contribution is -1.85. The second-order valence-electron chi connectivity index (χ2n) is 10.3. The van der Waals surface area contributed by atoms with Crippen molar-refractivity contribution in [2.75, 3.05) is 0 Å². The van der Waals surface area contributed by atoms with E-state index in [0.29, 0.717) is 0 Å². The van der Waals surface area contributed by atoms with E-state index < -0.39 is 0 Å². The fraction of sp³-hybridized carbons (Fsp3) is 1.00. The van der Waals surface area contributed by atoms with E-state index in [-0.39, 0.29) is 0 Å². The highest BCUT2D eigenvalue weighted by molar-refractivity contribution is 6.08. The highest BCUT2D eigenvalue weighted by Gasteiger charge is 1.96. The Morgan fingerprint density at radius 3 is 0.581 bits per heavy atom. The van der Waals surface area contributed by atoms with Gasteiger partial charge in [-0.15, -0.1) is 0 Å². The third-order valence-corrected chi connectivity index (χ3v) is 7.06. The second kappa shape index (κ2) is 30.1. The molecule has 0 saturated heterocycles. The fourth-order valence-corrected chi connectivity index (χ4v) is 4.81. The SMILES string of the molecule is [B]CCCCCCCCCCCCCCCCCCCCCCCCCCCCCC. The van der Waals surface area contributed by atoms with Crippen molar-refractivity contribution in [2.45, 2.75) is 193 Å². The quantitative estimate of drug-likeness (QED) is 0.0851. The fourth-order valence-electron chi connectivity index (χ4n) is 4.81. The molecule has 0 aliphatic carbocycles. The van der Waals surface area contributed by atoms with E-state index in [0.717, 1.165) is 6.32 Å². The Morgan fingerprint density at radius 2 is 0.419 bits per heavy atom. The predicted octanol–water partition coefficient (Wildman–Crippen LogP) is 11.5. The van der Waals surface area contributed by atoms with Crippen LogP contribution in [0.1, 0.15) is 187 Å². The third kappa shape index (κ3) is 30.1. The van der Waals surface area contributed by atoms with Gasteiger partial charge in [0.15, 0.2) is 0 Å². The molecule has 0 spiro atoms. The average Bonchev–Trinajstić information content (AvgIpc) is 2.78. The maximum absolute atomic E-state index is 5.53. The molecule has 2 radical (unpaired) electrons. The predicted molar refractivity (Wildman–Crippen MR) is 146 cm³/mol. The molecule has 0 fully saturated rings. The first-order valence-corrected chi connectivity index (χ1v) is 15.1. The molecule has 31 heavy (non-hydrogen) atoms. The number of hydrogen-bond acceptors (Lipinski definition) is 0. The molecule has 0 aliphatic heterocycles. The largest absolute Gasteiger partial charge is 0.0887 e. The molecular weight excluding hydrogens is 371 g/mol. The van der Waals surface area contributed by atoms with Gasteiger partial charge < -0.3 is 0 Å². The highest BCUT2D eigenvalue weighted by Crippen LogP contribution is 2.16. The van der Waals surface area contributed by atoms with Crippen LogP contribution in [0.3, 0.4) is 0 Å². The number of rotatable bonds is 28. The molecule has 0 heterocycles. The zero-order chi connectivity index (χ0) is 22.5. The summed E-state index contributed by atoms with van der Waals surface area (Å²) in [5, 5.41) is 0. The van der Waals surface area contributed by atoms with Crippen LogP contribution in [0.25, 0.3) is 0 Å². The third-order valence-electron chi connectivity index (χ3n) is 7.06. The lowest BCUT2D eigenvalue weighted by molar-refractivity contribution is 0.514. The monoisotopic (exact) mass is 432 g/mol. The molecule has 0 rings (SSSR count). The molecule has 1 heteroatoms. The van der Waals surface area contributed by atoms with E-state index in [1.54, 1.807) is 0 Å². The molecule has 0 aliphatic rings. The van der Waals surface area contributed by atoms with Crippen molar-refractivity contribution < 1.29 is 0 Å². The first-order valence-electron chi connectivity index (χ1n) is 15.1. The van der Waals surface area contributed by atoms with Gasteiger partial charge in [0, 0.05) is 0 Å². The van der Waals surface area contributed by atoms with Crippen LogP contribution in [-0.4, -0.2) is 7.85 Å². The van der Waals surface area contributed by atoms with Gasteiger partial charge in [-0.25, -0.2) is 0 Å². The second-order valence-corrected chi connectivity index (χ2v) is 10.3. The van der Waals surface area contributed by atoms with E-state index in [2.05, 4.69) is 6.92 Å². The molecule has 0 N–H and O–H groups in total. The van der Waals surface area contributed by atoms with Crippen molar-refractivity contribution in [3.8, 4) is 0 Å². The summed E-state index contributed by atoms with van der Waals surface area (Å²) in [6.07, 6.45) is 41.7. The van der Waals surface area contributed by atoms with Gasteiger partial charge in [-0.2, -0.15) is 0 Å². The van der Waals surface area contributed by atoms with Gasteiger partial charge in [0.2, 0.25) is 0 Å². The lowest BCUT2D eigenvalue weighted by Gasteiger charge is -2.04. The standard InChI is InChI=1S/C30H61B/c1-2-3-4-5-6-7-8-9-10-11-12-13-14-15-16-17-18-19-20-21-22-23-24-25-26-27-28-29-30-31/h2-30H2,1H3. The van der Waals surface area contributed by atoms with Crippen LogP contribution in [0.2, 0.25) is 6.32 Å². The van der Waals surface area contributed by atoms with Crippen LogP contribution in [0, 0.1) is 0 Å². The van der Waals surface area contributed by atoms with Gasteiger partial charge in [0.05, 0.1) is 7.85 Å². The average molecular weight is 433 g/mol. The van der Waals surface area contributed by atoms with Crippen molar-refractivity contribution in [3.05, 3.63) is 0 Å². The molecule has 184 valence electrons. The van der Waals surface area contributed by atoms with Gasteiger partial charge in [-0.1, -0.05) is 193 Å². The summed E-state index contributed by atoms with van der Waals surface area (Å²) in [5.41, 5.74) is 0. The minimum atomic E-state index is 0.874. The van der Waals surface area contributed by atoms with Crippen LogP contribution in [0.4, 0.5) is 0 Å². The van der Waals surface area contributed by atoms with Crippen LogP contribution >= 0.6 is 0 Å². The Labute approximate surface area is 200 Å². The van der Waals surface area contributed by atoms with Crippen molar-refractivity contribution in [3.63, 3.8) is 0 Å². The molecule has 0 nitrogen and oxygen atoms in total. The molecule has 0 atom stereocenters. The molecular formula is C30H61B. The summed E-state index contributed by atoms with van der Waals surface area (Å²) in [5.74, 6) is 0. The number of unbranched alkanes of at least 4 members (excludes halogenated alkanes) is 27. The van der Waals surface area contributed by atoms with E-state index in [1.165, 1.54) is 180 Å². The lowest BCUT2D eigenvalue weighted by atomic mass is 9.98. The van der Waals surface area contributed by atoms with Gasteiger partial charge in [-0.3, -0.25) is 0 Å². The first-order chi connectivity index (χ1) is 15.4. The van der Waals surface area contributed by atoms with E-state index in [4.69, 9.17) is 7.85 Å². The minimum absolute atomic E-state index is 0.874. The number of hydrogen-bond donors (Lipinski definition) is 0. The Morgan fingerprint density at radius 1 is 0.258 bits per heavy atom. The Bertz CT molecular complexity index is 260. The maximum atomic E-state index is 5.53. The van der Waals surface area contributed by atoms with Crippen molar-refractivity contribution in [1.82, 2.24) is 0 Å². The molecule has 0 aromatic rings. The van der Waals surface area contributed by atoms with Crippen LogP contribution in [-0.2, 0) is 0 Å². The van der Waals surface area contributed by atoms with E-state index in [1.807, 2.05) is 0 Å². The minimum Gasteiger partial charge on any atom is -0.0887 e. The first kappa shape index (κ1) is 31.1. The van der Waals surface area contributed by atoms with Crippen molar-refractivity contribution in [2.24, 2.45) is 0 Å². The highest BCUT2D eigenvalue weighted by atomic mass is 14.0. The molecule has 0 amide bonds. The normalized spacial score (nSPS) is 11.4. The van der Waals surface area contributed by atoms with Crippen LogP contribution in [0.5, 0.6) is 0 Å². The zero-order valence-electron chi connectivity index (χ0n) is 22.1. The Kier molecular flexibility index (Phi) is 30.1. The van der Waals surface area contributed by atoms with Gasteiger partial charge >= 0.3 is 0 Å². The summed E-state index contributed by atoms with van der Waals surface area (Å²) < 4.78 is 0. The molecule has 0 aromatic heterocycles. The van der Waals surface area contributed by atoms with E-state index in [9.17, 15) is 0 Å². The zero-order valence-corrected chi connectivity index (χ0v) is 22.1. The van der Waals surface area contributed by atoms with Crippen molar-refractivity contribution in [1.29, 1.82) is 0 Å². The van der Waals surface area contributed by atoms with E-state index >= 15 is 0 Å². The van der Waals surface area contributed by atoms with Gasteiger partial charge in [0.25, 0.3) is 0 Å². The summed E-state index contributed by atoms with van der Waals surface area (Å²) in [6.45, 7) is 2.30. The van der Waals surface area contributed by atoms with Crippen molar-refractivity contribution >= 4 is 7.85 Å². The van der Waals surface area contributed by atoms with Crippen LogP contribution in [0.15, 0.2) is 0 Å². The molecule has 0 aromatic carbocycles. The summed E-state index contributed by atoms with van der Waals surface area (Å²) >= 11 is 0. The maximum Gasteiger partial charge on any atom is 0.0653 e. The van der Waals surface area contributed by atoms with Crippen LogP contribution < -0.4 is 0 Å². The molecule has 0 saturated carbocycles. The molecule has 0 unspecified atom stereocenters. The summed E-state index contributed by atoms with van der Waals surface area (Å²) in [4.78, 5) is 0. The topological polar surface area (TPSA) is 0 Å². The summed E-state index contributed by atoms with van der Waals surface area (Å²) in [6, 6.07) is 0. The molecule has 0 bridgehead atoms. The van der Waals surface area contributed by atoms with Gasteiger partial charge in [0.1, 0.15) is 0 Å². The Hall–Kier alpha value is 0.0649. The summed E-state index contributed by atoms with van der Waals surface area (Å²) in [7, 11) is 5.53. The van der Waals surface area contributed by atoms with Gasteiger partial charge in [-0.05, 0) is 0 Å².